The zero-order valence-electron chi connectivity index (χ0n) is 15.5. The highest BCUT2D eigenvalue weighted by molar-refractivity contribution is 6.00. The van der Waals surface area contributed by atoms with E-state index in [9.17, 15) is 4.79 Å². The van der Waals surface area contributed by atoms with Gasteiger partial charge in [0.15, 0.2) is 5.69 Å². The monoisotopic (exact) mass is 371 g/mol. The Morgan fingerprint density at radius 1 is 0.929 bits per heavy atom. The molecule has 0 bridgehead atoms. The third-order valence-corrected chi connectivity index (χ3v) is 5.32. The Hall–Kier alpha value is -3.41. The summed E-state index contributed by atoms with van der Waals surface area (Å²) in [7, 11) is 0. The van der Waals surface area contributed by atoms with E-state index in [1.54, 1.807) is 11.0 Å². The van der Waals surface area contributed by atoms with E-state index < -0.39 is 0 Å². The summed E-state index contributed by atoms with van der Waals surface area (Å²) in [5, 5.41) is 4.74. The second kappa shape index (κ2) is 6.96. The highest BCUT2D eigenvalue weighted by Gasteiger charge is 2.25. The molecular weight excluding hydrogens is 350 g/mol. The minimum absolute atomic E-state index is 0.198. The van der Waals surface area contributed by atoms with Crippen molar-refractivity contribution in [3.8, 4) is 5.69 Å². The molecule has 2 aromatic carbocycles. The van der Waals surface area contributed by atoms with Crippen molar-refractivity contribution in [1.29, 1.82) is 0 Å². The topological polar surface area (TPSA) is 64.7 Å². The molecule has 5 rings (SSSR count). The highest BCUT2D eigenvalue weighted by atomic mass is 16.2. The van der Waals surface area contributed by atoms with Crippen LogP contribution in [0.15, 0.2) is 60.9 Å². The zero-order chi connectivity index (χ0) is 18.9. The molecule has 1 N–H and O–H groups in total. The first kappa shape index (κ1) is 16.7. The van der Waals surface area contributed by atoms with Crippen LogP contribution in [0.4, 0.5) is 0 Å². The number of nitrogens with zero attached hydrogens (tertiary/aromatic N) is 4. The minimum Gasteiger partial charge on any atom is -0.266 e. The predicted molar refractivity (Wildman–Crippen MR) is 108 cm³/mol. The number of aromatic nitrogens is 4. The van der Waals surface area contributed by atoms with Gasteiger partial charge in [0.25, 0.3) is 5.91 Å². The summed E-state index contributed by atoms with van der Waals surface area (Å²) in [6.07, 6.45) is 6.85. The first-order chi connectivity index (χ1) is 13.8. The average molecular weight is 371 g/mol. The van der Waals surface area contributed by atoms with Crippen LogP contribution in [-0.2, 0) is 12.8 Å². The van der Waals surface area contributed by atoms with Crippen molar-refractivity contribution in [2.45, 2.75) is 32.1 Å². The Balaban J connectivity index is 1.55. The van der Waals surface area contributed by atoms with Crippen LogP contribution in [0.2, 0.25) is 0 Å². The van der Waals surface area contributed by atoms with Crippen LogP contribution in [0, 0.1) is 0 Å². The fraction of sp³-hybridized carbons (Fsp3) is 0.227. The number of para-hydroxylation sites is 3. The Morgan fingerprint density at radius 3 is 2.61 bits per heavy atom. The molecule has 0 unspecified atom stereocenters. The van der Waals surface area contributed by atoms with Gasteiger partial charge in [0.2, 0.25) is 0 Å². The molecule has 0 radical (unpaired) electrons. The molecule has 0 saturated carbocycles. The number of nitrogens with one attached hydrogen (secondary N) is 1. The molecule has 1 aliphatic carbocycles. The van der Waals surface area contributed by atoms with E-state index >= 15 is 0 Å². The summed E-state index contributed by atoms with van der Waals surface area (Å²) in [5.41, 5.74) is 8.40. The second-order valence-electron chi connectivity index (χ2n) is 7.13. The maximum Gasteiger partial charge on any atom is 0.290 e. The Kier molecular flexibility index (Phi) is 4.16. The van der Waals surface area contributed by atoms with Gasteiger partial charge in [0, 0.05) is 11.3 Å². The molecule has 1 amide bonds. The molecule has 2 aromatic heterocycles. The van der Waals surface area contributed by atoms with Crippen LogP contribution >= 0.6 is 0 Å². The number of benzene rings is 2. The lowest BCUT2D eigenvalue weighted by Gasteiger charge is -2.07. The number of carbonyl (C=O) groups excluding carboxylic acids is 1. The standard InChI is InChI=1S/C22H21N5O/c28-22(25-26-15-23-18-12-7-8-14-20(18)26)21-17-11-5-2-6-13-19(17)27(24-21)16-9-3-1-4-10-16/h1,3-4,7-10,12,14-15H,2,5-6,11,13H2,(H,25,28). The van der Waals surface area contributed by atoms with Crippen molar-refractivity contribution >= 4 is 16.9 Å². The normalized spacial score (nSPS) is 13.9. The van der Waals surface area contributed by atoms with Crippen LogP contribution in [0.5, 0.6) is 0 Å². The van der Waals surface area contributed by atoms with E-state index in [2.05, 4.69) is 10.4 Å². The molecule has 0 fully saturated rings. The van der Waals surface area contributed by atoms with E-state index in [-0.39, 0.29) is 5.91 Å². The molecule has 0 aliphatic heterocycles. The summed E-state index contributed by atoms with van der Waals surface area (Å²) in [6, 6.07) is 17.8. The number of fused-ring (bicyclic) bond motifs is 2. The largest absolute Gasteiger partial charge is 0.290 e. The molecule has 28 heavy (non-hydrogen) atoms. The van der Waals surface area contributed by atoms with Crippen LogP contribution in [0.25, 0.3) is 16.7 Å². The van der Waals surface area contributed by atoms with Gasteiger partial charge in [-0.15, -0.1) is 0 Å². The van der Waals surface area contributed by atoms with Gasteiger partial charge in [0.05, 0.1) is 16.7 Å². The van der Waals surface area contributed by atoms with Crippen LogP contribution in [0.1, 0.15) is 41.0 Å². The molecule has 2 heterocycles. The smallest absolute Gasteiger partial charge is 0.266 e. The molecule has 0 atom stereocenters. The van der Waals surface area contributed by atoms with Gasteiger partial charge < -0.3 is 0 Å². The maximum atomic E-state index is 13.1. The van der Waals surface area contributed by atoms with E-state index in [1.807, 2.05) is 59.3 Å². The molecule has 6 nitrogen and oxygen atoms in total. The number of imidazole rings is 1. The Labute approximate surface area is 162 Å². The Bertz CT molecular complexity index is 1140. The van der Waals surface area contributed by atoms with Crippen LogP contribution < -0.4 is 5.43 Å². The summed E-state index contributed by atoms with van der Waals surface area (Å²) in [4.78, 5) is 17.5. The average Bonchev–Trinajstić information content (AvgIpc) is 3.22. The first-order valence-corrected chi connectivity index (χ1v) is 9.71. The van der Waals surface area contributed by atoms with Crippen molar-refractivity contribution in [3.63, 3.8) is 0 Å². The lowest BCUT2D eigenvalue weighted by molar-refractivity contribution is 0.100. The number of hydrogen-bond acceptors (Lipinski definition) is 3. The molecule has 0 saturated heterocycles. The van der Waals surface area contributed by atoms with Crippen molar-refractivity contribution in [3.05, 3.63) is 77.9 Å². The fourth-order valence-electron chi connectivity index (χ4n) is 3.95. The number of hydrogen-bond donors (Lipinski definition) is 1. The van der Waals surface area contributed by atoms with Gasteiger partial charge in [-0.2, -0.15) is 5.10 Å². The van der Waals surface area contributed by atoms with Gasteiger partial charge in [-0.25, -0.2) is 14.3 Å². The van der Waals surface area contributed by atoms with Crippen LogP contribution in [-0.4, -0.2) is 25.3 Å². The second-order valence-corrected chi connectivity index (χ2v) is 7.13. The number of carbonyl (C=O) groups is 1. The summed E-state index contributed by atoms with van der Waals surface area (Å²) in [5.74, 6) is -0.198. The predicted octanol–water partition coefficient (Wildman–Crippen LogP) is 3.87. The number of rotatable bonds is 3. The minimum atomic E-state index is -0.198. The van der Waals surface area contributed by atoms with E-state index in [1.165, 1.54) is 6.42 Å². The first-order valence-electron chi connectivity index (χ1n) is 9.71. The highest BCUT2D eigenvalue weighted by Crippen LogP contribution is 2.26. The van der Waals surface area contributed by atoms with Crippen LogP contribution in [0.3, 0.4) is 0 Å². The molecule has 140 valence electrons. The fourth-order valence-corrected chi connectivity index (χ4v) is 3.95. The van der Waals surface area contributed by atoms with E-state index in [0.717, 1.165) is 53.7 Å². The number of amides is 1. The van der Waals surface area contributed by atoms with Crippen molar-refractivity contribution < 1.29 is 4.79 Å². The molecule has 6 heteroatoms. The SMILES string of the molecule is O=C(Nn1cnc2ccccc21)c1nn(-c2ccccc2)c2c1CCCCC2. The Morgan fingerprint density at radius 2 is 1.71 bits per heavy atom. The summed E-state index contributed by atoms with van der Waals surface area (Å²) in [6.45, 7) is 0. The third kappa shape index (κ3) is 2.87. The van der Waals surface area contributed by atoms with Gasteiger partial charge >= 0.3 is 0 Å². The van der Waals surface area contributed by atoms with Crippen molar-refractivity contribution in [1.82, 2.24) is 19.4 Å². The molecule has 0 spiro atoms. The molecule has 4 aromatic rings. The maximum absolute atomic E-state index is 13.1. The van der Waals surface area contributed by atoms with Gasteiger partial charge in [0.1, 0.15) is 6.33 Å². The summed E-state index contributed by atoms with van der Waals surface area (Å²) < 4.78 is 3.61. The lowest BCUT2D eigenvalue weighted by atomic mass is 10.1. The quantitative estimate of drug-likeness (QED) is 0.556. The van der Waals surface area contributed by atoms with Crippen molar-refractivity contribution in [2.24, 2.45) is 0 Å². The van der Waals surface area contributed by atoms with Crippen molar-refractivity contribution in [2.75, 3.05) is 5.43 Å². The van der Waals surface area contributed by atoms with Gasteiger partial charge in [-0.05, 0) is 49.9 Å². The summed E-state index contributed by atoms with van der Waals surface area (Å²) >= 11 is 0. The molecule has 1 aliphatic rings. The zero-order valence-corrected chi connectivity index (χ0v) is 15.5. The third-order valence-electron chi connectivity index (χ3n) is 5.32. The van der Waals surface area contributed by atoms with E-state index in [0.29, 0.717) is 5.69 Å². The lowest BCUT2D eigenvalue weighted by Crippen LogP contribution is -2.23. The molecular formula is C22H21N5O. The van der Waals surface area contributed by atoms with Gasteiger partial charge in [-0.3, -0.25) is 10.2 Å². The van der Waals surface area contributed by atoms with Gasteiger partial charge in [-0.1, -0.05) is 36.8 Å². The van der Waals surface area contributed by atoms with E-state index in [4.69, 9.17) is 5.10 Å².